The molecule has 2 fully saturated rings. The van der Waals surface area contributed by atoms with Crippen LogP contribution in [-0.4, -0.2) is 42.7 Å². The van der Waals surface area contributed by atoms with Gasteiger partial charge in [-0.15, -0.1) is 0 Å². The summed E-state index contributed by atoms with van der Waals surface area (Å²) in [6.45, 7) is 0. The number of aliphatic hydroxyl groups is 1. The number of carbonyl (C=O) groups is 1. The molecule has 192 valence electrons. The van der Waals surface area contributed by atoms with Crippen molar-refractivity contribution in [2.75, 3.05) is 10.6 Å². The lowest BCUT2D eigenvalue weighted by atomic mass is 9.85. The summed E-state index contributed by atoms with van der Waals surface area (Å²) >= 11 is 5.78. The van der Waals surface area contributed by atoms with Gasteiger partial charge < -0.3 is 21.5 Å². The van der Waals surface area contributed by atoms with Crippen LogP contribution in [0.2, 0.25) is 5.02 Å². The van der Waals surface area contributed by atoms with Crippen molar-refractivity contribution in [2.45, 2.75) is 69.6 Å². The molecule has 0 unspecified atom stereocenters. The first-order valence-corrected chi connectivity index (χ1v) is 12.6. The predicted molar refractivity (Wildman–Crippen MR) is 132 cm³/mol. The van der Waals surface area contributed by atoms with Crippen molar-refractivity contribution >= 4 is 46.3 Å². The van der Waals surface area contributed by atoms with Gasteiger partial charge in [0.15, 0.2) is 17.3 Å². The van der Waals surface area contributed by atoms with Crippen LogP contribution < -0.4 is 16.4 Å². The minimum Gasteiger partial charge on any atom is -0.393 e. The van der Waals surface area contributed by atoms with Crippen LogP contribution in [0.25, 0.3) is 11.2 Å². The Hall–Kier alpha value is -3.05. The maximum atomic E-state index is 14.6. The van der Waals surface area contributed by atoms with Crippen LogP contribution in [0.3, 0.4) is 0 Å². The fourth-order valence-electron chi connectivity index (χ4n) is 5.26. The monoisotopic (exact) mass is 519 g/mol. The van der Waals surface area contributed by atoms with Gasteiger partial charge in [0.1, 0.15) is 11.2 Å². The average Bonchev–Trinajstić information content (AvgIpc) is 3.18. The molecule has 5 N–H and O–H groups in total. The summed E-state index contributed by atoms with van der Waals surface area (Å²) in [7, 11) is 0. The molecule has 0 saturated heterocycles. The molecule has 0 radical (unpaired) electrons. The molecule has 1 aromatic carbocycles. The smallest absolute Gasteiger partial charge is 0.224 e. The maximum absolute atomic E-state index is 14.6. The van der Waals surface area contributed by atoms with Gasteiger partial charge in [-0.25, -0.2) is 18.7 Å². The molecule has 9 nitrogen and oxygen atoms in total. The van der Waals surface area contributed by atoms with Crippen molar-refractivity contribution in [2.24, 2.45) is 11.7 Å². The van der Waals surface area contributed by atoms with Gasteiger partial charge in [0.2, 0.25) is 17.8 Å². The van der Waals surface area contributed by atoms with E-state index in [4.69, 9.17) is 22.3 Å². The molecule has 2 atom stereocenters. The van der Waals surface area contributed by atoms with Gasteiger partial charge in [0.05, 0.1) is 12.3 Å². The molecular weight excluding hydrogens is 492 g/mol. The number of halogens is 3. The molecule has 0 bridgehead atoms. The fraction of sp³-hybridized carbons (Fsp3) is 0.500. The molecule has 2 aliphatic rings. The topological polar surface area (TPSA) is 131 Å². The molecule has 36 heavy (non-hydrogen) atoms. The number of nitrogens with two attached hydrogens (primary N) is 1. The Morgan fingerprint density at radius 3 is 2.50 bits per heavy atom. The molecule has 2 saturated carbocycles. The lowest BCUT2D eigenvalue weighted by Crippen LogP contribution is -2.30. The molecule has 12 heteroatoms. The lowest BCUT2D eigenvalue weighted by Gasteiger charge is -2.29. The number of aliphatic hydroxyl groups excluding tert-OH is 1. The second kappa shape index (κ2) is 10.1. The number of amides is 1. The first-order valence-electron chi connectivity index (χ1n) is 12.2. The molecule has 0 aliphatic heterocycles. The largest absolute Gasteiger partial charge is 0.393 e. The molecule has 2 aromatic heterocycles. The van der Waals surface area contributed by atoms with E-state index in [1.165, 1.54) is 0 Å². The normalized spacial score (nSPS) is 24.6. The Morgan fingerprint density at radius 2 is 1.83 bits per heavy atom. The van der Waals surface area contributed by atoms with Gasteiger partial charge in [0.25, 0.3) is 0 Å². The van der Waals surface area contributed by atoms with E-state index in [-0.39, 0.29) is 46.7 Å². The summed E-state index contributed by atoms with van der Waals surface area (Å²) in [6, 6.07) is 1.98. The second-order valence-electron chi connectivity index (χ2n) is 9.65. The number of carbonyl (C=O) groups excluding carboxylic acids is 1. The van der Waals surface area contributed by atoms with Gasteiger partial charge in [-0.2, -0.15) is 4.98 Å². The van der Waals surface area contributed by atoms with Crippen molar-refractivity contribution in [3.63, 3.8) is 0 Å². The molecule has 3 aromatic rings. The minimum absolute atomic E-state index is 0.0448. The van der Waals surface area contributed by atoms with Crippen molar-refractivity contribution < 1.29 is 18.7 Å². The van der Waals surface area contributed by atoms with E-state index in [0.29, 0.717) is 49.2 Å². The Bertz CT molecular complexity index is 1260. The fourth-order valence-corrected chi connectivity index (χ4v) is 5.46. The summed E-state index contributed by atoms with van der Waals surface area (Å²) in [5.41, 5.74) is 6.10. The predicted octanol–water partition coefficient (Wildman–Crippen LogP) is 4.43. The number of anilines is 3. The van der Waals surface area contributed by atoms with E-state index >= 15 is 0 Å². The third kappa shape index (κ3) is 5.08. The van der Waals surface area contributed by atoms with Crippen molar-refractivity contribution in [3.05, 3.63) is 35.0 Å². The Kier molecular flexibility index (Phi) is 6.94. The van der Waals surface area contributed by atoms with Crippen LogP contribution in [0.4, 0.5) is 26.4 Å². The van der Waals surface area contributed by atoms with E-state index < -0.39 is 11.6 Å². The number of primary amides is 1. The van der Waals surface area contributed by atoms with E-state index in [1.807, 2.05) is 4.57 Å². The number of imidazole rings is 1. The van der Waals surface area contributed by atoms with Crippen LogP contribution in [-0.2, 0) is 4.79 Å². The standard InChI is InChI=1S/C24H28ClF2N7O2/c25-13-8-17(26)20(18(27)9-13)32-24-31-19-11-29-23(30-14-2-1-3-16(35)10-14)33-22(19)34(24)15-6-4-12(5-7-15)21(28)36/h8-9,11-12,14-16,35H,1-7,10H2,(H2,28,36)(H,31,32)(H,29,30,33)/t12?,14-,15?,16+/m1/s1. The summed E-state index contributed by atoms with van der Waals surface area (Å²) < 4.78 is 31.0. The Labute approximate surface area is 211 Å². The number of hydrogen-bond donors (Lipinski definition) is 4. The van der Waals surface area contributed by atoms with Crippen LogP contribution in [0.5, 0.6) is 0 Å². The number of aromatic nitrogens is 4. The van der Waals surface area contributed by atoms with Crippen LogP contribution in [0, 0.1) is 17.6 Å². The van der Waals surface area contributed by atoms with Crippen molar-refractivity contribution in [1.82, 2.24) is 19.5 Å². The third-order valence-electron chi connectivity index (χ3n) is 7.12. The Morgan fingerprint density at radius 1 is 1.11 bits per heavy atom. The van der Waals surface area contributed by atoms with Crippen LogP contribution in [0.15, 0.2) is 18.3 Å². The molecule has 5 rings (SSSR count). The number of hydrogen-bond acceptors (Lipinski definition) is 7. The first-order chi connectivity index (χ1) is 17.3. The SMILES string of the molecule is NC(=O)C1CCC(n2c(Nc3c(F)cc(Cl)cc3F)nc3cnc(N[C@@H]4CCC[C@H](O)C4)nc32)CC1. The van der Waals surface area contributed by atoms with Gasteiger partial charge in [-0.1, -0.05) is 11.6 Å². The summed E-state index contributed by atoms with van der Waals surface area (Å²) in [4.78, 5) is 25.3. The highest BCUT2D eigenvalue weighted by molar-refractivity contribution is 6.30. The van der Waals surface area contributed by atoms with Gasteiger partial charge in [-0.05, 0) is 63.5 Å². The molecular formula is C24H28ClF2N7O2. The van der Waals surface area contributed by atoms with Crippen LogP contribution >= 0.6 is 11.6 Å². The first kappa shape index (κ1) is 24.6. The zero-order valence-electron chi connectivity index (χ0n) is 19.6. The number of benzene rings is 1. The van der Waals surface area contributed by atoms with Crippen molar-refractivity contribution in [1.29, 1.82) is 0 Å². The third-order valence-corrected chi connectivity index (χ3v) is 7.34. The lowest BCUT2D eigenvalue weighted by molar-refractivity contribution is -0.122. The quantitative estimate of drug-likeness (QED) is 0.379. The summed E-state index contributed by atoms with van der Waals surface area (Å²) in [5.74, 6) is -1.61. The molecule has 0 spiro atoms. The highest BCUT2D eigenvalue weighted by Gasteiger charge is 2.30. The van der Waals surface area contributed by atoms with Gasteiger partial charge in [-0.3, -0.25) is 9.36 Å². The van der Waals surface area contributed by atoms with E-state index in [1.54, 1.807) is 6.20 Å². The number of fused-ring (bicyclic) bond motifs is 1. The van der Waals surface area contributed by atoms with E-state index in [9.17, 15) is 18.7 Å². The second-order valence-corrected chi connectivity index (χ2v) is 10.1. The Balaban J connectivity index is 1.51. The average molecular weight is 520 g/mol. The van der Waals surface area contributed by atoms with Gasteiger partial charge in [0, 0.05) is 23.0 Å². The minimum atomic E-state index is -0.847. The molecule has 2 aliphatic carbocycles. The highest BCUT2D eigenvalue weighted by Crippen LogP contribution is 2.38. The van der Waals surface area contributed by atoms with E-state index in [2.05, 4.69) is 20.6 Å². The summed E-state index contributed by atoms with van der Waals surface area (Å²) in [5, 5.41) is 16.0. The van der Waals surface area contributed by atoms with Gasteiger partial charge >= 0.3 is 0 Å². The zero-order valence-corrected chi connectivity index (χ0v) is 20.3. The zero-order chi connectivity index (χ0) is 25.4. The number of rotatable bonds is 6. The molecule has 1 amide bonds. The highest BCUT2D eigenvalue weighted by atomic mass is 35.5. The summed E-state index contributed by atoms with van der Waals surface area (Å²) in [6.07, 6.45) is 6.86. The van der Waals surface area contributed by atoms with Crippen LogP contribution in [0.1, 0.15) is 57.4 Å². The van der Waals surface area contributed by atoms with E-state index in [0.717, 1.165) is 31.4 Å². The number of nitrogens with zero attached hydrogens (tertiary/aromatic N) is 4. The number of nitrogens with one attached hydrogen (secondary N) is 2. The van der Waals surface area contributed by atoms with Crippen molar-refractivity contribution in [3.8, 4) is 0 Å². The maximum Gasteiger partial charge on any atom is 0.224 e. The molecule has 2 heterocycles.